The van der Waals surface area contributed by atoms with Crippen molar-refractivity contribution < 1.29 is 59.1 Å². The minimum atomic E-state index is -1.47. The van der Waals surface area contributed by atoms with Crippen molar-refractivity contribution in [1.29, 1.82) is 0 Å². The van der Waals surface area contributed by atoms with Gasteiger partial charge >= 0.3 is 0 Å². The SMILES string of the molecule is CO[C@H]1O[C@H](CO)[C@@H](O[C@@H]2OC(CO)[C@H](O[C@H]3O[C@H](CO)[C@@H](C)C(O)C3N)[C@H](O)C2N)C(O)C1N. The second kappa shape index (κ2) is 12.3. The van der Waals surface area contributed by atoms with Gasteiger partial charge in [-0.1, -0.05) is 6.92 Å². The molecule has 0 spiro atoms. The van der Waals surface area contributed by atoms with Gasteiger partial charge in [-0.25, -0.2) is 0 Å². The van der Waals surface area contributed by atoms with Crippen LogP contribution in [0.1, 0.15) is 6.92 Å². The topological polar surface area (TPSA) is 255 Å². The van der Waals surface area contributed by atoms with Crippen molar-refractivity contribution in [1.82, 2.24) is 0 Å². The molecule has 0 aromatic carbocycles. The van der Waals surface area contributed by atoms with Crippen molar-refractivity contribution in [3.8, 4) is 0 Å². The second-order valence-corrected chi connectivity index (χ2v) is 9.18. The Morgan fingerprint density at radius 3 is 1.43 bits per heavy atom. The third-order valence-corrected chi connectivity index (χ3v) is 6.94. The van der Waals surface area contributed by atoms with Crippen LogP contribution in [-0.4, -0.2) is 143 Å². The maximum absolute atomic E-state index is 10.9. The van der Waals surface area contributed by atoms with E-state index in [4.69, 9.17) is 45.6 Å². The Hall–Kier alpha value is -0.600. The summed E-state index contributed by atoms with van der Waals surface area (Å²) in [5.41, 5.74) is 18.1. The van der Waals surface area contributed by atoms with Gasteiger partial charge < -0.3 is 76.3 Å². The maximum atomic E-state index is 10.9. The van der Waals surface area contributed by atoms with Crippen LogP contribution >= 0.6 is 0 Å². The monoisotopic (exact) mass is 513 g/mol. The fraction of sp³-hybridized carbons (Fsp3) is 1.00. The molecule has 15 atom stereocenters. The Labute approximate surface area is 202 Å². The number of methoxy groups -OCH3 is 1. The number of ether oxygens (including phenoxy) is 6. The molecule has 3 aliphatic rings. The van der Waals surface area contributed by atoms with Gasteiger partial charge in [0.1, 0.15) is 36.6 Å². The lowest BCUT2D eigenvalue weighted by Crippen LogP contribution is -2.69. The highest BCUT2D eigenvalue weighted by Gasteiger charge is 2.52. The summed E-state index contributed by atoms with van der Waals surface area (Å²) in [7, 11) is 1.33. The molecule has 3 rings (SSSR count). The van der Waals surface area contributed by atoms with E-state index in [-0.39, 0.29) is 0 Å². The number of aliphatic hydroxyl groups excluding tert-OH is 6. The van der Waals surface area contributed by atoms with Crippen LogP contribution in [0.2, 0.25) is 0 Å². The van der Waals surface area contributed by atoms with E-state index >= 15 is 0 Å². The molecule has 3 fully saturated rings. The molecule has 3 aliphatic heterocycles. The highest BCUT2D eigenvalue weighted by atomic mass is 16.7. The van der Waals surface area contributed by atoms with E-state index < -0.39 is 112 Å². The zero-order chi connectivity index (χ0) is 26.0. The van der Waals surface area contributed by atoms with Gasteiger partial charge in [0.2, 0.25) is 0 Å². The van der Waals surface area contributed by atoms with Crippen molar-refractivity contribution >= 4 is 0 Å². The average molecular weight is 514 g/mol. The lowest BCUT2D eigenvalue weighted by molar-refractivity contribution is -0.347. The predicted molar refractivity (Wildman–Crippen MR) is 115 cm³/mol. The van der Waals surface area contributed by atoms with Gasteiger partial charge in [0.05, 0.1) is 50.2 Å². The van der Waals surface area contributed by atoms with Gasteiger partial charge in [-0.05, 0) is 0 Å². The summed E-state index contributed by atoms with van der Waals surface area (Å²) in [6, 6.07) is -3.27. The van der Waals surface area contributed by atoms with Gasteiger partial charge in [-0.2, -0.15) is 0 Å². The maximum Gasteiger partial charge on any atom is 0.176 e. The Morgan fingerprint density at radius 2 is 1.00 bits per heavy atom. The van der Waals surface area contributed by atoms with Crippen molar-refractivity contribution in [2.45, 2.75) is 92.8 Å². The minimum absolute atomic E-state index is 0.392. The van der Waals surface area contributed by atoms with Gasteiger partial charge in [0, 0.05) is 13.0 Å². The Morgan fingerprint density at radius 1 is 0.629 bits per heavy atom. The van der Waals surface area contributed by atoms with Gasteiger partial charge in [0.15, 0.2) is 18.9 Å². The number of hydrogen-bond acceptors (Lipinski definition) is 15. The number of rotatable bonds is 8. The molecule has 206 valence electrons. The lowest BCUT2D eigenvalue weighted by atomic mass is 9.89. The van der Waals surface area contributed by atoms with Crippen molar-refractivity contribution in [2.75, 3.05) is 26.9 Å². The minimum Gasteiger partial charge on any atom is -0.394 e. The summed E-state index contributed by atoms with van der Waals surface area (Å²) in [5.74, 6) is -0.469. The van der Waals surface area contributed by atoms with Crippen LogP contribution < -0.4 is 17.2 Å². The van der Waals surface area contributed by atoms with Crippen molar-refractivity contribution in [2.24, 2.45) is 23.1 Å². The number of nitrogens with two attached hydrogens (primary N) is 3. The molecule has 0 aromatic rings. The lowest BCUT2D eigenvalue weighted by Gasteiger charge is -2.49. The standard InChI is InChI=1S/C20H39N3O12/c1-6-7(3-24)31-19(10(21)13(6)27)34-17-9(5-26)33-20(12(23)15(17)29)35-16-8(4-25)32-18(30-2)11(22)14(16)28/h6-20,24-29H,3-5,21-23H2,1-2H3/t6-,7-,8-,9?,10?,11?,12?,13?,14?,15-,16-,17+,18+,19-,20+/m1/s1. The van der Waals surface area contributed by atoms with Crippen LogP contribution in [0.15, 0.2) is 0 Å². The summed E-state index contributed by atoms with van der Waals surface area (Å²) in [4.78, 5) is 0. The molecule has 0 radical (unpaired) electrons. The van der Waals surface area contributed by atoms with Crippen LogP contribution in [0.3, 0.4) is 0 Å². The summed E-state index contributed by atoms with van der Waals surface area (Å²) < 4.78 is 33.5. The van der Waals surface area contributed by atoms with Gasteiger partial charge in [-0.15, -0.1) is 0 Å². The molecule has 0 amide bonds. The van der Waals surface area contributed by atoms with Crippen LogP contribution in [0.4, 0.5) is 0 Å². The molecule has 3 saturated heterocycles. The molecule has 3 heterocycles. The molecule has 0 saturated carbocycles. The molecule has 12 N–H and O–H groups in total. The number of hydrogen-bond donors (Lipinski definition) is 9. The van der Waals surface area contributed by atoms with E-state index in [2.05, 4.69) is 0 Å². The van der Waals surface area contributed by atoms with E-state index in [0.717, 1.165) is 0 Å². The summed E-state index contributed by atoms with van der Waals surface area (Å²) >= 11 is 0. The molecule has 0 aliphatic carbocycles. The molecule has 0 bridgehead atoms. The highest BCUT2D eigenvalue weighted by Crippen LogP contribution is 2.32. The van der Waals surface area contributed by atoms with Gasteiger partial charge in [0.25, 0.3) is 0 Å². The quantitative estimate of drug-likeness (QED) is 0.146. The van der Waals surface area contributed by atoms with E-state index in [0.29, 0.717) is 0 Å². The normalized spacial score (nSPS) is 51.3. The van der Waals surface area contributed by atoms with Crippen LogP contribution in [0, 0.1) is 5.92 Å². The third kappa shape index (κ3) is 5.79. The smallest absolute Gasteiger partial charge is 0.176 e. The van der Waals surface area contributed by atoms with Gasteiger partial charge in [-0.3, -0.25) is 0 Å². The fourth-order valence-electron chi connectivity index (χ4n) is 4.61. The van der Waals surface area contributed by atoms with E-state index in [9.17, 15) is 30.6 Å². The van der Waals surface area contributed by atoms with E-state index in [1.54, 1.807) is 6.92 Å². The zero-order valence-corrected chi connectivity index (χ0v) is 19.6. The molecule has 35 heavy (non-hydrogen) atoms. The summed E-state index contributed by atoms with van der Waals surface area (Å²) in [6.07, 6.45) is -12.9. The van der Waals surface area contributed by atoms with Crippen molar-refractivity contribution in [3.05, 3.63) is 0 Å². The largest absolute Gasteiger partial charge is 0.394 e. The average Bonchev–Trinajstić information content (AvgIpc) is 2.86. The first kappa shape index (κ1) is 29.0. The zero-order valence-electron chi connectivity index (χ0n) is 19.6. The first-order valence-corrected chi connectivity index (χ1v) is 11.5. The molecular weight excluding hydrogens is 474 g/mol. The molecular formula is C20H39N3O12. The summed E-state index contributed by atoms with van der Waals surface area (Å²) in [5, 5.41) is 61.0. The van der Waals surface area contributed by atoms with E-state index in [1.165, 1.54) is 7.11 Å². The van der Waals surface area contributed by atoms with Crippen LogP contribution in [0.25, 0.3) is 0 Å². The Kier molecular flexibility index (Phi) is 10.2. The van der Waals surface area contributed by atoms with Crippen LogP contribution in [0.5, 0.6) is 0 Å². The third-order valence-electron chi connectivity index (χ3n) is 6.94. The predicted octanol–water partition coefficient (Wildman–Crippen LogP) is -5.74. The first-order chi connectivity index (χ1) is 16.6. The molecule has 15 nitrogen and oxygen atoms in total. The van der Waals surface area contributed by atoms with E-state index in [1.807, 2.05) is 0 Å². The first-order valence-electron chi connectivity index (χ1n) is 11.5. The molecule has 15 heteroatoms. The Balaban J connectivity index is 1.72. The molecule has 6 unspecified atom stereocenters. The number of aliphatic hydroxyl groups is 6. The second-order valence-electron chi connectivity index (χ2n) is 9.18. The Bertz CT molecular complexity index is 661. The van der Waals surface area contributed by atoms with Crippen molar-refractivity contribution in [3.63, 3.8) is 0 Å². The highest BCUT2D eigenvalue weighted by molar-refractivity contribution is 4.98. The summed E-state index contributed by atoms with van der Waals surface area (Å²) in [6.45, 7) is 0.102. The van der Waals surface area contributed by atoms with Crippen LogP contribution in [-0.2, 0) is 28.4 Å². The fourth-order valence-corrected chi connectivity index (χ4v) is 4.61. The molecule has 0 aromatic heterocycles.